The predicted molar refractivity (Wildman–Crippen MR) is 132 cm³/mol. The molecule has 1 spiro atoms. The number of piperidine rings is 1. The first kappa shape index (κ1) is 24.6. The minimum Gasteiger partial charge on any atom is -0.439 e. The number of carbonyl (C=O) groups is 2. The summed E-state index contributed by atoms with van der Waals surface area (Å²) in [5.74, 6) is -0.872. The number of aromatic nitrogens is 1. The van der Waals surface area contributed by atoms with Crippen LogP contribution in [0.3, 0.4) is 0 Å². The smallest absolute Gasteiger partial charge is 0.317 e. The first-order chi connectivity index (χ1) is 17.8. The van der Waals surface area contributed by atoms with Crippen molar-refractivity contribution in [2.45, 2.75) is 25.3 Å². The fraction of sp³-hybridized carbons (Fsp3) is 0.269. The van der Waals surface area contributed by atoms with E-state index >= 15 is 0 Å². The lowest BCUT2D eigenvalue weighted by molar-refractivity contribution is -0.387. The van der Waals surface area contributed by atoms with Crippen molar-refractivity contribution in [3.05, 3.63) is 92.9 Å². The molecule has 1 saturated heterocycles. The highest BCUT2D eigenvalue weighted by molar-refractivity contribution is 6.30. The molecule has 2 aliphatic rings. The number of nitro benzene ring substituents is 1. The molecule has 37 heavy (non-hydrogen) atoms. The van der Waals surface area contributed by atoms with Crippen molar-refractivity contribution in [2.24, 2.45) is 5.41 Å². The highest BCUT2D eigenvalue weighted by Gasteiger charge is 2.56. The van der Waals surface area contributed by atoms with Crippen molar-refractivity contribution >= 4 is 29.1 Å². The Morgan fingerprint density at radius 2 is 1.86 bits per heavy atom. The monoisotopic (exact) mass is 524 g/mol. The van der Waals surface area contributed by atoms with E-state index in [-0.39, 0.29) is 22.9 Å². The van der Waals surface area contributed by atoms with Gasteiger partial charge in [-0.25, -0.2) is 4.98 Å². The normalized spacial score (nSPS) is 17.8. The van der Waals surface area contributed by atoms with Crippen LogP contribution in [0.4, 0.5) is 10.1 Å². The molecule has 1 saturated carbocycles. The van der Waals surface area contributed by atoms with Crippen LogP contribution in [-0.4, -0.2) is 45.8 Å². The Hall–Kier alpha value is -4.05. The Kier molecular flexibility index (Phi) is 6.51. The number of nitro groups is 1. The second-order valence-electron chi connectivity index (χ2n) is 9.22. The SMILES string of the molecule is O=C(NC1CC12CCN(C(=O)c1ccc(Oc3ccc(Cl)cn3)cc1)CC2)c1cccc(F)c1[N+](=O)[O-]. The number of amides is 2. The van der Waals surface area contributed by atoms with E-state index in [4.69, 9.17) is 16.3 Å². The van der Waals surface area contributed by atoms with E-state index in [0.717, 1.165) is 6.07 Å². The second kappa shape index (κ2) is 9.78. The molecule has 0 radical (unpaired) electrons. The largest absolute Gasteiger partial charge is 0.439 e. The van der Waals surface area contributed by atoms with E-state index in [0.29, 0.717) is 54.6 Å². The van der Waals surface area contributed by atoms with Crippen LogP contribution in [0.15, 0.2) is 60.8 Å². The number of ether oxygens (including phenoxy) is 1. The minimum atomic E-state index is -1.05. The molecule has 1 aliphatic heterocycles. The lowest BCUT2D eigenvalue weighted by atomic mass is 9.92. The molecule has 1 N–H and O–H groups in total. The number of para-hydroxylation sites is 1. The van der Waals surface area contributed by atoms with Gasteiger partial charge in [0.25, 0.3) is 11.8 Å². The van der Waals surface area contributed by atoms with Gasteiger partial charge in [-0.2, -0.15) is 4.39 Å². The number of hydrogen-bond acceptors (Lipinski definition) is 6. The van der Waals surface area contributed by atoms with Gasteiger partial charge in [0, 0.05) is 37.0 Å². The highest BCUT2D eigenvalue weighted by Crippen LogP contribution is 2.54. The molecule has 2 aromatic carbocycles. The van der Waals surface area contributed by atoms with Crippen LogP contribution < -0.4 is 10.1 Å². The van der Waals surface area contributed by atoms with Gasteiger partial charge in [-0.1, -0.05) is 17.7 Å². The van der Waals surface area contributed by atoms with Crippen LogP contribution in [-0.2, 0) is 0 Å². The number of likely N-dealkylation sites (tertiary alicyclic amines) is 1. The Morgan fingerprint density at radius 1 is 1.14 bits per heavy atom. The highest BCUT2D eigenvalue weighted by atomic mass is 35.5. The predicted octanol–water partition coefficient (Wildman–Crippen LogP) is 5.00. The van der Waals surface area contributed by atoms with Gasteiger partial charge in [-0.05, 0) is 67.1 Å². The van der Waals surface area contributed by atoms with E-state index in [1.54, 1.807) is 41.3 Å². The molecule has 1 aliphatic carbocycles. The van der Waals surface area contributed by atoms with Gasteiger partial charge in [0.1, 0.15) is 11.3 Å². The van der Waals surface area contributed by atoms with Gasteiger partial charge >= 0.3 is 5.69 Å². The van der Waals surface area contributed by atoms with Gasteiger partial charge < -0.3 is 15.0 Å². The van der Waals surface area contributed by atoms with E-state index in [1.165, 1.54) is 18.3 Å². The summed E-state index contributed by atoms with van der Waals surface area (Å²) in [7, 11) is 0. The summed E-state index contributed by atoms with van der Waals surface area (Å²) in [6.07, 6.45) is 3.59. The second-order valence-corrected chi connectivity index (χ2v) is 9.66. The lowest BCUT2D eigenvalue weighted by Crippen LogP contribution is -2.41. The molecular weight excluding hydrogens is 503 g/mol. The molecule has 2 heterocycles. The average Bonchev–Trinajstić information content (AvgIpc) is 3.55. The van der Waals surface area contributed by atoms with Crippen LogP contribution in [0.25, 0.3) is 0 Å². The fourth-order valence-corrected chi connectivity index (χ4v) is 4.88. The summed E-state index contributed by atoms with van der Waals surface area (Å²) >= 11 is 5.83. The Labute approximate surface area is 216 Å². The average molecular weight is 525 g/mol. The van der Waals surface area contributed by atoms with Crippen LogP contribution in [0.2, 0.25) is 5.02 Å². The summed E-state index contributed by atoms with van der Waals surface area (Å²) in [4.78, 5) is 41.8. The van der Waals surface area contributed by atoms with Crippen LogP contribution in [0.5, 0.6) is 11.6 Å². The standard InChI is InChI=1S/C26H22ClFN4O5/c27-17-6-9-22(29-15-17)37-18-7-4-16(5-8-18)25(34)31-12-10-26(11-13-31)14-21(26)30-24(33)19-2-1-3-20(28)23(19)32(35)36/h1-9,15,21H,10-14H2,(H,30,33). The quantitative estimate of drug-likeness (QED) is 0.358. The zero-order valence-electron chi connectivity index (χ0n) is 19.5. The summed E-state index contributed by atoms with van der Waals surface area (Å²) in [6, 6.07) is 13.4. The molecule has 1 atom stereocenters. The summed E-state index contributed by atoms with van der Waals surface area (Å²) in [5.41, 5.74) is -0.737. The van der Waals surface area contributed by atoms with Crippen molar-refractivity contribution in [1.29, 1.82) is 0 Å². The van der Waals surface area contributed by atoms with E-state index in [1.807, 2.05) is 0 Å². The molecular formula is C26H22ClFN4O5. The molecule has 1 aromatic heterocycles. The number of benzene rings is 2. The van der Waals surface area contributed by atoms with Crippen molar-refractivity contribution in [3.63, 3.8) is 0 Å². The molecule has 2 amide bonds. The van der Waals surface area contributed by atoms with E-state index < -0.39 is 22.3 Å². The fourth-order valence-electron chi connectivity index (χ4n) is 4.77. The van der Waals surface area contributed by atoms with Crippen molar-refractivity contribution in [3.8, 4) is 11.6 Å². The van der Waals surface area contributed by atoms with Crippen LogP contribution >= 0.6 is 11.6 Å². The molecule has 0 bridgehead atoms. The Bertz CT molecular complexity index is 1360. The van der Waals surface area contributed by atoms with E-state index in [2.05, 4.69) is 10.3 Å². The summed E-state index contributed by atoms with van der Waals surface area (Å²) < 4.78 is 19.5. The van der Waals surface area contributed by atoms with Crippen molar-refractivity contribution < 1.29 is 23.6 Å². The Balaban J connectivity index is 1.15. The van der Waals surface area contributed by atoms with Crippen LogP contribution in [0, 0.1) is 21.3 Å². The van der Waals surface area contributed by atoms with E-state index in [9.17, 15) is 24.1 Å². The third-order valence-corrected chi connectivity index (χ3v) is 7.20. The number of hydrogen-bond donors (Lipinski definition) is 1. The van der Waals surface area contributed by atoms with Gasteiger partial charge in [-0.3, -0.25) is 19.7 Å². The number of pyridine rings is 1. The van der Waals surface area contributed by atoms with Gasteiger partial charge in [0.05, 0.1) is 9.95 Å². The van der Waals surface area contributed by atoms with Crippen molar-refractivity contribution in [2.75, 3.05) is 13.1 Å². The maximum Gasteiger partial charge on any atom is 0.317 e. The minimum absolute atomic E-state index is 0.0948. The topological polar surface area (TPSA) is 115 Å². The first-order valence-electron chi connectivity index (χ1n) is 11.7. The van der Waals surface area contributed by atoms with Gasteiger partial charge in [0.2, 0.25) is 11.7 Å². The third-order valence-electron chi connectivity index (χ3n) is 6.98. The maximum absolute atomic E-state index is 13.9. The first-order valence-corrected chi connectivity index (χ1v) is 12.1. The summed E-state index contributed by atoms with van der Waals surface area (Å²) in [5, 5.41) is 14.5. The Morgan fingerprint density at radius 3 is 2.51 bits per heavy atom. The van der Waals surface area contributed by atoms with Crippen LogP contribution in [0.1, 0.15) is 40.0 Å². The van der Waals surface area contributed by atoms with Gasteiger partial charge in [0.15, 0.2) is 0 Å². The molecule has 190 valence electrons. The molecule has 2 fully saturated rings. The molecule has 11 heteroatoms. The van der Waals surface area contributed by atoms with Gasteiger partial charge in [-0.15, -0.1) is 0 Å². The number of nitrogens with one attached hydrogen (secondary N) is 1. The number of rotatable bonds is 6. The number of nitrogens with zero attached hydrogens (tertiary/aromatic N) is 3. The molecule has 5 rings (SSSR count). The zero-order valence-corrected chi connectivity index (χ0v) is 20.3. The third kappa shape index (κ3) is 5.10. The van der Waals surface area contributed by atoms with Crippen molar-refractivity contribution in [1.82, 2.24) is 15.2 Å². The summed E-state index contributed by atoms with van der Waals surface area (Å²) in [6.45, 7) is 1.05. The zero-order chi connectivity index (χ0) is 26.2. The number of halogens is 2. The molecule has 9 nitrogen and oxygen atoms in total. The molecule has 1 unspecified atom stereocenters. The number of carbonyl (C=O) groups excluding carboxylic acids is 2. The maximum atomic E-state index is 13.9. The lowest BCUT2D eigenvalue weighted by Gasteiger charge is -2.33. The molecule has 3 aromatic rings.